The average molecular weight is 294 g/mol. The Bertz CT molecular complexity index is 600. The second-order valence-corrected chi connectivity index (χ2v) is 5.20. The molecule has 7 heteroatoms. The fraction of sp³-hybridized carbons (Fsp3) is 0.357. The van der Waals surface area contributed by atoms with E-state index < -0.39 is 35.8 Å². The highest BCUT2D eigenvalue weighted by atomic mass is 19.1. The molecule has 0 saturated carbocycles. The number of halogens is 1. The summed E-state index contributed by atoms with van der Waals surface area (Å²) in [6.45, 7) is 2.33. The van der Waals surface area contributed by atoms with E-state index in [4.69, 9.17) is 4.74 Å². The highest BCUT2D eigenvalue weighted by Crippen LogP contribution is 2.16. The summed E-state index contributed by atoms with van der Waals surface area (Å²) in [4.78, 5) is 35.9. The highest BCUT2D eigenvalue weighted by molar-refractivity contribution is 6.08. The van der Waals surface area contributed by atoms with Crippen molar-refractivity contribution < 1.29 is 23.5 Å². The topological polar surface area (TPSA) is 75.7 Å². The molecule has 2 rings (SSSR count). The summed E-state index contributed by atoms with van der Waals surface area (Å²) in [5.41, 5.74) is -0.813. The van der Waals surface area contributed by atoms with Crippen molar-refractivity contribution in [2.45, 2.75) is 26.0 Å². The van der Waals surface area contributed by atoms with Gasteiger partial charge in [-0.15, -0.1) is 0 Å². The number of hydrogen-bond donors (Lipinski definition) is 1. The van der Waals surface area contributed by atoms with E-state index in [1.54, 1.807) is 6.07 Å². The molecule has 112 valence electrons. The summed E-state index contributed by atoms with van der Waals surface area (Å²) in [6, 6.07) is 5.23. The number of hydrogen-bond acceptors (Lipinski definition) is 4. The molecule has 6 nitrogen and oxygen atoms in total. The van der Waals surface area contributed by atoms with Gasteiger partial charge in [0.05, 0.1) is 0 Å². The first-order valence-electron chi connectivity index (χ1n) is 6.34. The van der Waals surface area contributed by atoms with Gasteiger partial charge >= 0.3 is 12.0 Å². The monoisotopic (exact) mass is 294 g/mol. The van der Waals surface area contributed by atoms with Gasteiger partial charge in [0.25, 0.3) is 5.91 Å². The third-order valence-electron chi connectivity index (χ3n) is 3.08. The SMILES string of the molecule is CC1(C)NC(=O)N(CC(=O)OCc2ccccc2F)C1=O. The summed E-state index contributed by atoms with van der Waals surface area (Å²) in [5.74, 6) is -1.77. The molecule has 21 heavy (non-hydrogen) atoms. The van der Waals surface area contributed by atoms with Crippen molar-refractivity contribution in [1.29, 1.82) is 0 Å². The molecule has 1 aliphatic heterocycles. The van der Waals surface area contributed by atoms with Crippen molar-refractivity contribution in [3.8, 4) is 0 Å². The third-order valence-corrected chi connectivity index (χ3v) is 3.08. The highest BCUT2D eigenvalue weighted by Gasteiger charge is 2.45. The number of ether oxygens (including phenoxy) is 1. The molecule has 1 aromatic carbocycles. The van der Waals surface area contributed by atoms with Crippen molar-refractivity contribution in [3.05, 3.63) is 35.6 Å². The van der Waals surface area contributed by atoms with Crippen molar-refractivity contribution >= 4 is 17.9 Å². The van der Waals surface area contributed by atoms with Gasteiger partial charge in [0, 0.05) is 5.56 Å². The molecular weight excluding hydrogens is 279 g/mol. The molecule has 0 unspecified atom stereocenters. The molecule has 0 spiro atoms. The zero-order valence-electron chi connectivity index (χ0n) is 11.7. The van der Waals surface area contributed by atoms with Crippen molar-refractivity contribution in [2.75, 3.05) is 6.54 Å². The molecule has 0 radical (unpaired) electrons. The number of imide groups is 1. The van der Waals surface area contributed by atoms with Crippen LogP contribution in [0.25, 0.3) is 0 Å². The number of benzene rings is 1. The van der Waals surface area contributed by atoms with Crippen LogP contribution in [0, 0.1) is 5.82 Å². The number of nitrogens with zero attached hydrogens (tertiary/aromatic N) is 1. The predicted octanol–water partition coefficient (Wildman–Crippen LogP) is 1.20. The van der Waals surface area contributed by atoms with Gasteiger partial charge in [-0.2, -0.15) is 0 Å². The summed E-state index contributed by atoms with van der Waals surface area (Å²) in [5, 5.41) is 2.45. The smallest absolute Gasteiger partial charge is 0.326 e. The fourth-order valence-electron chi connectivity index (χ4n) is 1.91. The minimum atomic E-state index is -1.04. The molecule has 3 amide bonds. The molecule has 1 heterocycles. The average Bonchev–Trinajstić information content (AvgIpc) is 2.60. The normalized spacial score (nSPS) is 16.8. The van der Waals surface area contributed by atoms with Crippen LogP contribution in [0.3, 0.4) is 0 Å². The molecule has 0 aliphatic carbocycles. The van der Waals surface area contributed by atoms with E-state index in [0.29, 0.717) is 0 Å². The van der Waals surface area contributed by atoms with E-state index in [2.05, 4.69) is 5.32 Å². The van der Waals surface area contributed by atoms with Gasteiger partial charge in [-0.25, -0.2) is 9.18 Å². The van der Waals surface area contributed by atoms with Crippen LogP contribution in [0.2, 0.25) is 0 Å². The maximum Gasteiger partial charge on any atom is 0.326 e. The van der Waals surface area contributed by atoms with E-state index in [1.807, 2.05) is 0 Å². The molecule has 0 bridgehead atoms. The first-order valence-corrected chi connectivity index (χ1v) is 6.34. The van der Waals surface area contributed by atoms with E-state index in [9.17, 15) is 18.8 Å². The number of carbonyl (C=O) groups excluding carboxylic acids is 3. The number of urea groups is 1. The maximum absolute atomic E-state index is 13.4. The van der Waals surface area contributed by atoms with Gasteiger partial charge in [0.1, 0.15) is 24.5 Å². The molecule has 1 N–H and O–H groups in total. The lowest BCUT2D eigenvalue weighted by atomic mass is 10.1. The largest absolute Gasteiger partial charge is 0.459 e. The van der Waals surface area contributed by atoms with Crippen LogP contribution in [0.1, 0.15) is 19.4 Å². The second kappa shape index (κ2) is 5.51. The first-order chi connectivity index (χ1) is 9.81. The van der Waals surface area contributed by atoms with Crippen molar-refractivity contribution in [3.63, 3.8) is 0 Å². The number of amides is 3. The Labute approximate surface area is 120 Å². The van der Waals surface area contributed by atoms with Gasteiger partial charge in [-0.05, 0) is 19.9 Å². The van der Waals surface area contributed by atoms with Crippen LogP contribution in [0.15, 0.2) is 24.3 Å². The first kappa shape index (κ1) is 15.0. The number of carbonyl (C=O) groups is 3. The Kier molecular flexibility index (Phi) is 3.93. The minimum absolute atomic E-state index is 0.225. The number of esters is 1. The minimum Gasteiger partial charge on any atom is -0.459 e. The lowest BCUT2D eigenvalue weighted by molar-refractivity contribution is -0.148. The summed E-state index contributed by atoms with van der Waals surface area (Å²) >= 11 is 0. The van der Waals surface area contributed by atoms with Crippen molar-refractivity contribution in [1.82, 2.24) is 10.2 Å². The lowest BCUT2D eigenvalue weighted by Crippen LogP contribution is -2.41. The van der Waals surface area contributed by atoms with Gasteiger partial charge in [0.2, 0.25) is 0 Å². The van der Waals surface area contributed by atoms with Crippen molar-refractivity contribution in [2.24, 2.45) is 0 Å². The van der Waals surface area contributed by atoms with E-state index in [-0.39, 0.29) is 12.2 Å². The number of nitrogens with one attached hydrogen (secondary N) is 1. The molecular formula is C14H15FN2O4. The van der Waals surface area contributed by atoms with E-state index >= 15 is 0 Å². The zero-order valence-corrected chi connectivity index (χ0v) is 11.7. The standard InChI is InChI=1S/C14H15FN2O4/c1-14(2)12(19)17(13(20)16-14)7-11(18)21-8-9-5-3-4-6-10(9)15/h3-6H,7-8H2,1-2H3,(H,16,20). The molecule has 0 aromatic heterocycles. The zero-order chi connectivity index (χ0) is 15.6. The Hall–Kier alpha value is -2.44. The Morgan fingerprint density at radius 3 is 2.57 bits per heavy atom. The van der Waals surface area contributed by atoms with Crippen LogP contribution in [0.5, 0.6) is 0 Å². The van der Waals surface area contributed by atoms with Gasteiger partial charge in [0.15, 0.2) is 0 Å². The van der Waals surface area contributed by atoms with Crippen LogP contribution in [0.4, 0.5) is 9.18 Å². The Balaban J connectivity index is 1.93. The fourth-order valence-corrected chi connectivity index (χ4v) is 1.91. The third kappa shape index (κ3) is 3.18. The van der Waals surface area contributed by atoms with Crippen LogP contribution in [-0.4, -0.2) is 34.9 Å². The quantitative estimate of drug-likeness (QED) is 0.669. The molecule has 1 fully saturated rings. The Morgan fingerprint density at radius 1 is 1.33 bits per heavy atom. The Morgan fingerprint density at radius 2 is 2.00 bits per heavy atom. The summed E-state index contributed by atoms with van der Waals surface area (Å²) < 4.78 is 18.2. The molecule has 0 atom stereocenters. The van der Waals surface area contributed by atoms with Gasteiger partial charge in [-0.1, -0.05) is 18.2 Å². The van der Waals surface area contributed by atoms with E-state index in [1.165, 1.54) is 32.0 Å². The summed E-state index contributed by atoms with van der Waals surface area (Å²) in [6.07, 6.45) is 0. The van der Waals surface area contributed by atoms with E-state index in [0.717, 1.165) is 4.90 Å². The molecule has 1 aliphatic rings. The van der Waals surface area contributed by atoms with Crippen LogP contribution < -0.4 is 5.32 Å². The molecule has 1 saturated heterocycles. The summed E-state index contributed by atoms with van der Waals surface area (Å²) in [7, 11) is 0. The maximum atomic E-state index is 13.4. The van der Waals surface area contributed by atoms with Crippen LogP contribution in [-0.2, 0) is 20.9 Å². The van der Waals surface area contributed by atoms with Gasteiger partial charge in [-0.3, -0.25) is 14.5 Å². The second-order valence-electron chi connectivity index (χ2n) is 5.20. The predicted molar refractivity (Wildman–Crippen MR) is 70.5 cm³/mol. The van der Waals surface area contributed by atoms with Crippen LogP contribution >= 0.6 is 0 Å². The molecule has 1 aromatic rings. The van der Waals surface area contributed by atoms with Gasteiger partial charge < -0.3 is 10.1 Å². The lowest BCUT2D eigenvalue weighted by Gasteiger charge is -2.15. The number of rotatable bonds is 4.